The van der Waals surface area contributed by atoms with Gasteiger partial charge in [0.05, 0.1) is 11.6 Å². The minimum Gasteiger partial charge on any atom is -0.459 e. The molecule has 112 valence electrons. The van der Waals surface area contributed by atoms with E-state index in [0.717, 1.165) is 11.0 Å². The Hall–Kier alpha value is -2.62. The van der Waals surface area contributed by atoms with Crippen LogP contribution in [0.1, 0.15) is 29.1 Å². The SMILES string of the molecule is CC(c1cc2ccccc2o1)N(C)C(=O)c1ccccc1F. The fraction of sp³-hybridized carbons (Fsp3) is 0.167. The third-order valence-electron chi connectivity index (χ3n) is 3.86. The van der Waals surface area contributed by atoms with Crippen LogP contribution in [0.25, 0.3) is 11.0 Å². The van der Waals surface area contributed by atoms with Gasteiger partial charge in [-0.3, -0.25) is 4.79 Å². The van der Waals surface area contributed by atoms with Gasteiger partial charge in [0.25, 0.3) is 5.91 Å². The Morgan fingerprint density at radius 3 is 2.55 bits per heavy atom. The summed E-state index contributed by atoms with van der Waals surface area (Å²) < 4.78 is 19.5. The second-order valence-electron chi connectivity index (χ2n) is 5.26. The van der Waals surface area contributed by atoms with Gasteiger partial charge in [0.15, 0.2) is 0 Å². The molecule has 0 saturated heterocycles. The summed E-state index contributed by atoms with van der Waals surface area (Å²) in [5.74, 6) is -0.212. The first-order valence-corrected chi connectivity index (χ1v) is 7.08. The molecule has 3 aromatic rings. The molecule has 0 aliphatic rings. The number of furan rings is 1. The van der Waals surface area contributed by atoms with Crippen LogP contribution in [0.5, 0.6) is 0 Å². The predicted octanol–water partition coefficient (Wildman–Crippen LogP) is 4.41. The monoisotopic (exact) mass is 297 g/mol. The van der Waals surface area contributed by atoms with Crippen molar-refractivity contribution in [2.45, 2.75) is 13.0 Å². The lowest BCUT2D eigenvalue weighted by Crippen LogP contribution is -2.30. The van der Waals surface area contributed by atoms with E-state index in [2.05, 4.69) is 0 Å². The van der Waals surface area contributed by atoms with Crippen molar-refractivity contribution in [3.8, 4) is 0 Å². The van der Waals surface area contributed by atoms with Crippen LogP contribution in [-0.4, -0.2) is 17.9 Å². The fourth-order valence-electron chi connectivity index (χ4n) is 2.40. The average Bonchev–Trinajstić information content (AvgIpc) is 2.97. The van der Waals surface area contributed by atoms with Crippen molar-refractivity contribution < 1.29 is 13.6 Å². The van der Waals surface area contributed by atoms with Gasteiger partial charge in [0.2, 0.25) is 0 Å². The standard InChI is InChI=1S/C18H16FNO2/c1-12(17-11-13-7-3-6-10-16(13)22-17)20(2)18(21)14-8-4-5-9-15(14)19/h3-12H,1-2H3. The quantitative estimate of drug-likeness (QED) is 0.717. The van der Waals surface area contributed by atoms with Gasteiger partial charge in [-0.05, 0) is 31.2 Å². The zero-order chi connectivity index (χ0) is 15.7. The van der Waals surface area contributed by atoms with Crippen molar-refractivity contribution in [1.82, 2.24) is 4.90 Å². The molecular weight excluding hydrogens is 281 g/mol. The summed E-state index contributed by atoms with van der Waals surface area (Å²) in [7, 11) is 1.65. The van der Waals surface area contributed by atoms with Crippen molar-refractivity contribution in [1.29, 1.82) is 0 Å². The molecule has 22 heavy (non-hydrogen) atoms. The van der Waals surface area contributed by atoms with Crippen LogP contribution >= 0.6 is 0 Å². The number of benzene rings is 2. The zero-order valence-corrected chi connectivity index (χ0v) is 12.4. The van der Waals surface area contributed by atoms with Crippen molar-refractivity contribution in [2.24, 2.45) is 0 Å². The molecule has 1 unspecified atom stereocenters. The van der Waals surface area contributed by atoms with Crippen molar-refractivity contribution in [2.75, 3.05) is 7.05 Å². The van der Waals surface area contributed by atoms with E-state index < -0.39 is 5.82 Å². The number of nitrogens with zero attached hydrogens (tertiary/aromatic N) is 1. The molecule has 0 saturated carbocycles. The number of fused-ring (bicyclic) bond motifs is 1. The highest BCUT2D eigenvalue weighted by Crippen LogP contribution is 2.27. The molecule has 1 aromatic heterocycles. The Bertz CT molecular complexity index is 792. The van der Waals surface area contributed by atoms with Crippen LogP contribution in [0.15, 0.2) is 59.0 Å². The highest BCUT2D eigenvalue weighted by atomic mass is 19.1. The Kier molecular flexibility index (Phi) is 3.67. The van der Waals surface area contributed by atoms with Crippen LogP contribution in [0.2, 0.25) is 0 Å². The number of para-hydroxylation sites is 1. The molecule has 4 heteroatoms. The molecule has 1 amide bonds. The maximum absolute atomic E-state index is 13.8. The summed E-state index contributed by atoms with van der Waals surface area (Å²) >= 11 is 0. The number of hydrogen-bond acceptors (Lipinski definition) is 2. The lowest BCUT2D eigenvalue weighted by molar-refractivity contribution is 0.0723. The van der Waals surface area contributed by atoms with Gasteiger partial charge in [-0.2, -0.15) is 0 Å². The first-order valence-electron chi connectivity index (χ1n) is 7.08. The summed E-state index contributed by atoms with van der Waals surface area (Å²) in [4.78, 5) is 13.9. The van der Waals surface area contributed by atoms with Gasteiger partial charge in [0.1, 0.15) is 17.2 Å². The average molecular weight is 297 g/mol. The van der Waals surface area contributed by atoms with E-state index in [4.69, 9.17) is 4.42 Å². The van der Waals surface area contributed by atoms with Crippen molar-refractivity contribution >= 4 is 16.9 Å². The first-order chi connectivity index (χ1) is 10.6. The summed E-state index contributed by atoms with van der Waals surface area (Å²) in [5.41, 5.74) is 0.837. The maximum Gasteiger partial charge on any atom is 0.257 e. The van der Waals surface area contributed by atoms with Gasteiger partial charge in [-0.1, -0.05) is 30.3 Å². The highest BCUT2D eigenvalue weighted by molar-refractivity contribution is 5.94. The molecule has 0 radical (unpaired) electrons. The lowest BCUT2D eigenvalue weighted by atomic mass is 10.1. The molecule has 0 aliphatic heterocycles. The van der Waals surface area contributed by atoms with E-state index in [1.165, 1.54) is 17.0 Å². The summed E-state index contributed by atoms with van der Waals surface area (Å²) in [6.45, 7) is 1.86. The summed E-state index contributed by atoms with van der Waals surface area (Å²) in [6, 6.07) is 15.3. The van der Waals surface area contributed by atoms with Crippen LogP contribution in [0.3, 0.4) is 0 Å². The molecular formula is C18H16FNO2. The van der Waals surface area contributed by atoms with Crippen molar-refractivity contribution in [3.05, 3.63) is 71.7 Å². The van der Waals surface area contributed by atoms with Crippen LogP contribution < -0.4 is 0 Å². The van der Waals surface area contributed by atoms with Gasteiger partial charge >= 0.3 is 0 Å². The molecule has 0 bridgehead atoms. The van der Waals surface area contributed by atoms with Gasteiger partial charge in [-0.15, -0.1) is 0 Å². The highest BCUT2D eigenvalue weighted by Gasteiger charge is 2.23. The number of halogens is 1. The van der Waals surface area contributed by atoms with E-state index in [1.807, 2.05) is 37.3 Å². The van der Waals surface area contributed by atoms with E-state index in [-0.39, 0.29) is 17.5 Å². The molecule has 0 aliphatic carbocycles. The Morgan fingerprint density at radius 2 is 1.82 bits per heavy atom. The van der Waals surface area contributed by atoms with Crippen LogP contribution in [-0.2, 0) is 0 Å². The zero-order valence-electron chi connectivity index (χ0n) is 12.4. The number of hydrogen-bond donors (Lipinski definition) is 0. The Morgan fingerprint density at radius 1 is 1.14 bits per heavy atom. The predicted molar refractivity (Wildman–Crippen MR) is 83.1 cm³/mol. The molecule has 2 aromatic carbocycles. The summed E-state index contributed by atoms with van der Waals surface area (Å²) in [5, 5.41) is 0.982. The fourth-order valence-corrected chi connectivity index (χ4v) is 2.40. The van der Waals surface area contributed by atoms with Crippen LogP contribution in [0, 0.1) is 5.82 Å². The number of rotatable bonds is 3. The molecule has 0 fully saturated rings. The first kappa shape index (κ1) is 14.3. The lowest BCUT2D eigenvalue weighted by Gasteiger charge is -2.23. The molecule has 0 N–H and O–H groups in total. The minimum atomic E-state index is -0.517. The normalized spacial score (nSPS) is 12.3. The number of carbonyl (C=O) groups excluding carboxylic acids is 1. The van der Waals surface area contributed by atoms with Crippen LogP contribution in [0.4, 0.5) is 4.39 Å². The van der Waals surface area contributed by atoms with E-state index in [1.54, 1.807) is 19.2 Å². The van der Waals surface area contributed by atoms with Gasteiger partial charge < -0.3 is 9.32 Å². The van der Waals surface area contributed by atoms with Gasteiger partial charge in [0, 0.05) is 12.4 Å². The second-order valence-corrected chi connectivity index (χ2v) is 5.26. The third-order valence-corrected chi connectivity index (χ3v) is 3.86. The Balaban J connectivity index is 1.89. The topological polar surface area (TPSA) is 33.5 Å². The minimum absolute atomic E-state index is 0.0629. The van der Waals surface area contributed by atoms with E-state index >= 15 is 0 Å². The van der Waals surface area contributed by atoms with E-state index in [0.29, 0.717) is 5.76 Å². The summed E-state index contributed by atoms with van der Waals surface area (Å²) in [6.07, 6.45) is 0. The Labute approximate surface area is 128 Å². The molecule has 1 heterocycles. The molecule has 1 atom stereocenters. The third kappa shape index (κ3) is 2.48. The second kappa shape index (κ2) is 5.64. The smallest absolute Gasteiger partial charge is 0.257 e. The van der Waals surface area contributed by atoms with Crippen molar-refractivity contribution in [3.63, 3.8) is 0 Å². The molecule has 3 nitrogen and oxygen atoms in total. The molecule has 3 rings (SSSR count). The maximum atomic E-state index is 13.8. The molecule has 0 spiro atoms. The number of amides is 1. The largest absolute Gasteiger partial charge is 0.459 e. The van der Waals surface area contributed by atoms with E-state index in [9.17, 15) is 9.18 Å². The number of carbonyl (C=O) groups is 1. The van der Waals surface area contributed by atoms with Gasteiger partial charge in [-0.25, -0.2) is 4.39 Å².